The second kappa shape index (κ2) is 6.83. The molecule has 0 saturated carbocycles. The van der Waals surface area contributed by atoms with E-state index in [1.165, 1.54) is 4.88 Å². The molecule has 2 heterocycles. The monoisotopic (exact) mass is 268 g/mol. The lowest BCUT2D eigenvalue weighted by Gasteiger charge is -2.01. The normalized spacial score (nSPS) is 10.9. The summed E-state index contributed by atoms with van der Waals surface area (Å²) in [6.45, 7) is 3.95. The second-order valence-corrected chi connectivity index (χ2v) is 5.76. The van der Waals surface area contributed by atoms with E-state index in [4.69, 9.17) is 4.42 Å². The molecule has 0 bridgehead atoms. The molecule has 5 heteroatoms. The molecule has 0 saturated heterocycles. The van der Waals surface area contributed by atoms with Crippen LogP contribution in [0.15, 0.2) is 33.4 Å². The Hall–Kier alpha value is -0.780. The molecule has 0 spiro atoms. The molecule has 0 atom stereocenters. The van der Waals surface area contributed by atoms with E-state index in [9.17, 15) is 0 Å². The maximum atomic E-state index is 5.26. The largest absolute Gasteiger partial charge is 0.440 e. The standard InChI is InChI=1S/C12H16N2OS2/c1-10-9-15-12(14-10)17-8-6-13-5-4-11-3-2-7-16-11/h2-3,7,9,13H,4-6,8H2,1H3. The van der Waals surface area contributed by atoms with E-state index in [1.54, 1.807) is 18.0 Å². The second-order valence-electron chi connectivity index (χ2n) is 3.68. The van der Waals surface area contributed by atoms with Crippen LogP contribution in [-0.4, -0.2) is 23.8 Å². The van der Waals surface area contributed by atoms with Gasteiger partial charge in [-0.1, -0.05) is 17.8 Å². The van der Waals surface area contributed by atoms with Crippen LogP contribution in [0.1, 0.15) is 10.6 Å². The lowest BCUT2D eigenvalue weighted by atomic mass is 10.3. The van der Waals surface area contributed by atoms with Crippen molar-refractivity contribution in [3.8, 4) is 0 Å². The molecule has 0 aliphatic heterocycles. The molecule has 1 N–H and O–H groups in total. The van der Waals surface area contributed by atoms with E-state index in [0.717, 1.165) is 36.2 Å². The number of thiophene rings is 1. The zero-order valence-corrected chi connectivity index (χ0v) is 11.4. The molecule has 0 aliphatic rings. The zero-order chi connectivity index (χ0) is 11.9. The van der Waals surface area contributed by atoms with Gasteiger partial charge >= 0.3 is 0 Å². The predicted molar refractivity (Wildman–Crippen MR) is 72.9 cm³/mol. The number of aromatic nitrogens is 1. The molecule has 0 aliphatic carbocycles. The van der Waals surface area contributed by atoms with Crippen LogP contribution in [0.3, 0.4) is 0 Å². The van der Waals surface area contributed by atoms with Crippen LogP contribution in [-0.2, 0) is 6.42 Å². The molecule has 2 rings (SSSR count). The third-order valence-corrected chi connectivity index (χ3v) is 4.01. The van der Waals surface area contributed by atoms with E-state index in [1.807, 2.05) is 18.3 Å². The first-order valence-corrected chi connectivity index (χ1v) is 7.49. The minimum Gasteiger partial charge on any atom is -0.440 e. The van der Waals surface area contributed by atoms with Crippen LogP contribution >= 0.6 is 23.1 Å². The number of oxazole rings is 1. The molecular formula is C12H16N2OS2. The molecule has 3 nitrogen and oxygen atoms in total. The van der Waals surface area contributed by atoms with Crippen molar-refractivity contribution in [2.45, 2.75) is 18.6 Å². The van der Waals surface area contributed by atoms with Crippen LogP contribution in [0.5, 0.6) is 0 Å². The Morgan fingerprint density at radius 2 is 2.41 bits per heavy atom. The van der Waals surface area contributed by atoms with Crippen LogP contribution in [0.25, 0.3) is 0 Å². The molecule has 92 valence electrons. The first kappa shape index (κ1) is 12.7. The average Bonchev–Trinajstić information content (AvgIpc) is 2.95. The van der Waals surface area contributed by atoms with Gasteiger partial charge in [0, 0.05) is 17.2 Å². The van der Waals surface area contributed by atoms with Crippen molar-refractivity contribution in [1.82, 2.24) is 10.3 Å². The molecule has 2 aromatic heterocycles. The highest BCUT2D eigenvalue weighted by Gasteiger charge is 2.00. The number of nitrogens with one attached hydrogen (secondary N) is 1. The van der Waals surface area contributed by atoms with Crippen LogP contribution in [0.4, 0.5) is 0 Å². The minimum atomic E-state index is 0.766. The summed E-state index contributed by atoms with van der Waals surface area (Å²) in [5.41, 5.74) is 0.943. The van der Waals surface area contributed by atoms with E-state index in [-0.39, 0.29) is 0 Å². The molecule has 0 amide bonds. The summed E-state index contributed by atoms with van der Waals surface area (Å²) < 4.78 is 5.26. The number of thioether (sulfide) groups is 1. The van der Waals surface area contributed by atoms with E-state index < -0.39 is 0 Å². The van der Waals surface area contributed by atoms with Gasteiger partial charge in [-0.05, 0) is 31.3 Å². The quantitative estimate of drug-likeness (QED) is 0.619. The van der Waals surface area contributed by atoms with E-state index >= 15 is 0 Å². The first-order valence-electron chi connectivity index (χ1n) is 5.62. The summed E-state index contributed by atoms with van der Waals surface area (Å²) in [4.78, 5) is 5.68. The predicted octanol–water partition coefficient (Wildman–Crippen LogP) is 2.97. The van der Waals surface area contributed by atoms with Gasteiger partial charge in [0.05, 0.1) is 5.69 Å². The summed E-state index contributed by atoms with van der Waals surface area (Å²) in [6.07, 6.45) is 2.80. The van der Waals surface area contributed by atoms with Gasteiger partial charge in [0.1, 0.15) is 6.26 Å². The van der Waals surface area contributed by atoms with Crippen molar-refractivity contribution in [3.63, 3.8) is 0 Å². The number of hydrogen-bond donors (Lipinski definition) is 1. The maximum absolute atomic E-state index is 5.26. The third-order valence-electron chi connectivity index (χ3n) is 2.23. The lowest BCUT2D eigenvalue weighted by Crippen LogP contribution is -2.19. The van der Waals surface area contributed by atoms with Gasteiger partial charge in [-0.2, -0.15) is 0 Å². The van der Waals surface area contributed by atoms with Gasteiger partial charge in [-0.15, -0.1) is 11.3 Å². The first-order chi connectivity index (χ1) is 8.34. The van der Waals surface area contributed by atoms with Crippen LogP contribution < -0.4 is 5.32 Å². The fraction of sp³-hybridized carbons (Fsp3) is 0.417. The fourth-order valence-corrected chi connectivity index (χ4v) is 2.86. The van der Waals surface area contributed by atoms with Crippen molar-refractivity contribution in [1.29, 1.82) is 0 Å². The molecule has 0 unspecified atom stereocenters. The van der Waals surface area contributed by atoms with Gasteiger partial charge in [-0.3, -0.25) is 0 Å². The minimum absolute atomic E-state index is 0.766. The SMILES string of the molecule is Cc1coc(SCCNCCc2cccs2)n1. The maximum Gasteiger partial charge on any atom is 0.255 e. The highest BCUT2D eigenvalue weighted by atomic mass is 32.2. The highest BCUT2D eigenvalue weighted by Crippen LogP contribution is 2.15. The summed E-state index contributed by atoms with van der Waals surface area (Å²) in [6, 6.07) is 4.28. The summed E-state index contributed by atoms with van der Waals surface area (Å²) in [5.74, 6) is 0.990. The Kier molecular flexibility index (Phi) is 5.09. The fourth-order valence-electron chi connectivity index (χ4n) is 1.40. The van der Waals surface area contributed by atoms with E-state index in [0.29, 0.717) is 0 Å². The van der Waals surface area contributed by atoms with Crippen LogP contribution in [0, 0.1) is 6.92 Å². The lowest BCUT2D eigenvalue weighted by molar-refractivity contribution is 0.454. The Bertz CT molecular complexity index is 425. The Morgan fingerprint density at radius 3 is 3.12 bits per heavy atom. The van der Waals surface area contributed by atoms with Gasteiger partial charge < -0.3 is 9.73 Å². The number of nitrogens with zero attached hydrogens (tertiary/aromatic N) is 1. The molecule has 0 aromatic carbocycles. The number of hydrogen-bond acceptors (Lipinski definition) is 5. The Balaban J connectivity index is 1.52. The highest BCUT2D eigenvalue weighted by molar-refractivity contribution is 7.99. The van der Waals surface area contributed by atoms with Gasteiger partial charge in [0.15, 0.2) is 0 Å². The van der Waals surface area contributed by atoms with Crippen molar-refractivity contribution in [2.75, 3.05) is 18.8 Å². The molecular weight excluding hydrogens is 252 g/mol. The average molecular weight is 268 g/mol. The molecule has 2 aromatic rings. The van der Waals surface area contributed by atoms with Gasteiger partial charge in [0.25, 0.3) is 5.22 Å². The number of aryl methyl sites for hydroxylation is 1. The molecule has 17 heavy (non-hydrogen) atoms. The summed E-state index contributed by atoms with van der Waals surface area (Å²) >= 11 is 3.47. The molecule has 0 fully saturated rings. The third kappa shape index (κ3) is 4.53. The summed E-state index contributed by atoms with van der Waals surface area (Å²) in [5, 5.41) is 6.30. The smallest absolute Gasteiger partial charge is 0.255 e. The Labute approximate surface area is 110 Å². The number of rotatable bonds is 7. The van der Waals surface area contributed by atoms with E-state index in [2.05, 4.69) is 27.8 Å². The molecule has 0 radical (unpaired) electrons. The van der Waals surface area contributed by atoms with Gasteiger partial charge in [-0.25, -0.2) is 4.98 Å². The van der Waals surface area contributed by atoms with Gasteiger partial charge in [0.2, 0.25) is 0 Å². The van der Waals surface area contributed by atoms with Crippen molar-refractivity contribution >= 4 is 23.1 Å². The van der Waals surface area contributed by atoms with Crippen molar-refractivity contribution in [3.05, 3.63) is 34.3 Å². The van der Waals surface area contributed by atoms with Crippen LogP contribution in [0.2, 0.25) is 0 Å². The Morgan fingerprint density at radius 1 is 1.47 bits per heavy atom. The van der Waals surface area contributed by atoms with Crippen molar-refractivity contribution < 1.29 is 4.42 Å². The summed E-state index contributed by atoms with van der Waals surface area (Å²) in [7, 11) is 0. The zero-order valence-electron chi connectivity index (χ0n) is 9.81. The topological polar surface area (TPSA) is 38.1 Å². The van der Waals surface area contributed by atoms with Crippen molar-refractivity contribution in [2.24, 2.45) is 0 Å².